The maximum absolute atomic E-state index is 11.9. The molecule has 1 aromatic heterocycles. The molecule has 1 unspecified atom stereocenters. The van der Waals surface area contributed by atoms with E-state index in [4.69, 9.17) is 5.11 Å². The number of carbonyl (C=O) groups excluding carboxylic acids is 1. The highest BCUT2D eigenvalue weighted by molar-refractivity contribution is 7.11. The summed E-state index contributed by atoms with van der Waals surface area (Å²) in [7, 11) is 1.50. The largest absolute Gasteiger partial charge is 0.480 e. The number of urea groups is 1. The molecule has 1 heterocycles. The summed E-state index contributed by atoms with van der Waals surface area (Å²) in [5.74, 6) is -0.982. The highest BCUT2D eigenvalue weighted by Crippen LogP contribution is 2.16. The first kappa shape index (κ1) is 15.5. The number of nitrogens with zero attached hydrogens (tertiary/aromatic N) is 1. The first-order valence-electron chi connectivity index (χ1n) is 6.30. The Morgan fingerprint density at radius 3 is 2.47 bits per heavy atom. The molecule has 0 saturated heterocycles. The lowest BCUT2D eigenvalue weighted by molar-refractivity contribution is -0.141. The molecule has 2 N–H and O–H groups in total. The Hall–Kier alpha value is -1.56. The fourth-order valence-electron chi connectivity index (χ4n) is 1.75. The van der Waals surface area contributed by atoms with Crippen LogP contribution in [0.4, 0.5) is 4.79 Å². The van der Waals surface area contributed by atoms with E-state index >= 15 is 0 Å². The molecule has 1 atom stereocenters. The number of aryl methyl sites for hydroxylation is 1. The molecule has 1 rings (SSSR count). The molecule has 0 fully saturated rings. The number of carboxylic acids is 1. The third-order valence-electron chi connectivity index (χ3n) is 2.94. The average molecular weight is 284 g/mol. The summed E-state index contributed by atoms with van der Waals surface area (Å²) in [4.78, 5) is 26.4. The second-order valence-electron chi connectivity index (χ2n) is 4.25. The van der Waals surface area contributed by atoms with E-state index in [0.29, 0.717) is 13.0 Å². The quantitative estimate of drug-likeness (QED) is 0.842. The van der Waals surface area contributed by atoms with Crippen LogP contribution in [0.15, 0.2) is 12.1 Å². The third-order valence-corrected chi connectivity index (χ3v) is 4.17. The standard InChI is InChI=1S/C13H20N2O3S/c1-4-9-6-7-10(19-9)8-14-13(18)15(3)11(5-2)12(16)17/h6-7,11H,4-5,8H2,1-3H3,(H,14,18)(H,16,17). The molecule has 0 saturated carbocycles. The molecule has 1 aromatic rings. The number of rotatable bonds is 6. The smallest absolute Gasteiger partial charge is 0.326 e. The van der Waals surface area contributed by atoms with Gasteiger partial charge in [-0.2, -0.15) is 0 Å². The predicted octanol–water partition coefficient (Wildman–Crippen LogP) is 2.32. The van der Waals surface area contributed by atoms with E-state index in [1.54, 1.807) is 18.3 Å². The summed E-state index contributed by atoms with van der Waals surface area (Å²) in [6, 6.07) is 2.88. The van der Waals surface area contributed by atoms with Gasteiger partial charge in [0.25, 0.3) is 0 Å². The Labute approximate surface area is 117 Å². The molecule has 0 spiro atoms. The molecule has 19 heavy (non-hydrogen) atoms. The molecule has 0 aromatic carbocycles. The maximum Gasteiger partial charge on any atom is 0.326 e. The van der Waals surface area contributed by atoms with Crippen LogP contribution < -0.4 is 5.32 Å². The van der Waals surface area contributed by atoms with E-state index < -0.39 is 12.0 Å². The summed E-state index contributed by atoms with van der Waals surface area (Å²) in [6.07, 6.45) is 1.37. The van der Waals surface area contributed by atoms with Gasteiger partial charge in [-0.3, -0.25) is 0 Å². The van der Waals surface area contributed by atoms with Crippen LogP contribution in [0.1, 0.15) is 30.0 Å². The number of likely N-dealkylation sites (N-methyl/N-ethyl adjacent to an activating group) is 1. The zero-order chi connectivity index (χ0) is 14.4. The summed E-state index contributed by atoms with van der Waals surface area (Å²) < 4.78 is 0. The van der Waals surface area contributed by atoms with Crippen LogP contribution in [0.3, 0.4) is 0 Å². The highest BCUT2D eigenvalue weighted by Gasteiger charge is 2.24. The van der Waals surface area contributed by atoms with Crippen molar-refractivity contribution < 1.29 is 14.7 Å². The second kappa shape index (κ2) is 7.13. The predicted molar refractivity (Wildman–Crippen MR) is 75.4 cm³/mol. The third kappa shape index (κ3) is 4.24. The van der Waals surface area contributed by atoms with Gasteiger partial charge in [0.15, 0.2) is 0 Å². The topological polar surface area (TPSA) is 69.6 Å². The Balaban J connectivity index is 2.52. The lowest BCUT2D eigenvalue weighted by atomic mass is 10.2. The van der Waals surface area contributed by atoms with Crippen LogP contribution >= 0.6 is 11.3 Å². The van der Waals surface area contributed by atoms with E-state index in [1.165, 1.54) is 16.8 Å². The number of carbonyl (C=O) groups is 2. The van der Waals surface area contributed by atoms with E-state index in [0.717, 1.165) is 11.3 Å². The molecule has 6 heteroatoms. The van der Waals surface area contributed by atoms with Crippen molar-refractivity contribution in [2.24, 2.45) is 0 Å². The first-order valence-corrected chi connectivity index (χ1v) is 7.12. The summed E-state index contributed by atoms with van der Waals surface area (Å²) in [6.45, 7) is 4.26. The van der Waals surface area contributed by atoms with Crippen molar-refractivity contribution in [3.8, 4) is 0 Å². The van der Waals surface area contributed by atoms with E-state index in [-0.39, 0.29) is 6.03 Å². The van der Waals surface area contributed by atoms with Crippen LogP contribution in [0.25, 0.3) is 0 Å². The fraction of sp³-hybridized carbons (Fsp3) is 0.538. The molecule has 0 aliphatic rings. The van der Waals surface area contributed by atoms with Crippen molar-refractivity contribution in [1.29, 1.82) is 0 Å². The van der Waals surface area contributed by atoms with Gasteiger partial charge < -0.3 is 15.3 Å². The molecule has 2 amide bonds. The summed E-state index contributed by atoms with van der Waals surface area (Å²) in [5.41, 5.74) is 0. The van der Waals surface area contributed by atoms with Gasteiger partial charge in [0, 0.05) is 16.8 Å². The monoisotopic (exact) mass is 284 g/mol. The van der Waals surface area contributed by atoms with E-state index in [1.807, 2.05) is 12.1 Å². The number of hydrogen-bond acceptors (Lipinski definition) is 3. The fourth-order valence-corrected chi connectivity index (χ4v) is 2.65. The minimum absolute atomic E-state index is 0.360. The maximum atomic E-state index is 11.9. The van der Waals surface area contributed by atoms with Gasteiger partial charge in [0.1, 0.15) is 6.04 Å². The highest BCUT2D eigenvalue weighted by atomic mass is 32.1. The van der Waals surface area contributed by atoms with Gasteiger partial charge in [0.2, 0.25) is 0 Å². The molecular weight excluding hydrogens is 264 g/mol. The van der Waals surface area contributed by atoms with Crippen molar-refractivity contribution in [3.63, 3.8) is 0 Å². The number of carboxylic acid groups (broad SMARTS) is 1. The van der Waals surface area contributed by atoms with Crippen LogP contribution in [0.5, 0.6) is 0 Å². The van der Waals surface area contributed by atoms with Gasteiger partial charge in [-0.15, -0.1) is 11.3 Å². The van der Waals surface area contributed by atoms with Crippen molar-refractivity contribution in [2.45, 2.75) is 39.3 Å². The van der Waals surface area contributed by atoms with Gasteiger partial charge in [-0.1, -0.05) is 13.8 Å². The normalized spacial score (nSPS) is 11.9. The van der Waals surface area contributed by atoms with Gasteiger partial charge >= 0.3 is 12.0 Å². The number of amides is 2. The molecule has 0 aliphatic heterocycles. The van der Waals surface area contributed by atoms with Gasteiger partial charge in [0.05, 0.1) is 6.54 Å². The average Bonchev–Trinajstić information content (AvgIpc) is 2.84. The molecule has 106 valence electrons. The van der Waals surface area contributed by atoms with Crippen molar-refractivity contribution >= 4 is 23.3 Å². The minimum atomic E-state index is -0.982. The lowest BCUT2D eigenvalue weighted by Crippen LogP contribution is -2.46. The number of nitrogens with one attached hydrogen (secondary N) is 1. The molecule has 0 aliphatic carbocycles. The number of thiophene rings is 1. The molecule has 0 radical (unpaired) electrons. The molecule has 5 nitrogen and oxygen atoms in total. The molecular formula is C13H20N2O3S. The van der Waals surface area contributed by atoms with Crippen LogP contribution in [0.2, 0.25) is 0 Å². The SMILES string of the molecule is CCc1ccc(CNC(=O)N(C)C(CC)C(=O)O)s1. The minimum Gasteiger partial charge on any atom is -0.480 e. The van der Waals surface area contributed by atoms with Crippen molar-refractivity contribution in [3.05, 3.63) is 21.9 Å². The first-order chi connectivity index (χ1) is 8.99. The van der Waals surface area contributed by atoms with Gasteiger partial charge in [-0.25, -0.2) is 9.59 Å². The Morgan fingerprint density at radius 2 is 2.00 bits per heavy atom. The van der Waals surface area contributed by atoms with Crippen molar-refractivity contribution in [2.75, 3.05) is 7.05 Å². The zero-order valence-corrected chi connectivity index (χ0v) is 12.3. The van der Waals surface area contributed by atoms with Gasteiger partial charge in [-0.05, 0) is 25.0 Å². The van der Waals surface area contributed by atoms with Crippen LogP contribution in [-0.2, 0) is 17.8 Å². The van der Waals surface area contributed by atoms with Crippen LogP contribution in [-0.4, -0.2) is 35.1 Å². The number of aliphatic carboxylic acids is 1. The van der Waals surface area contributed by atoms with E-state index in [2.05, 4.69) is 12.2 Å². The Kier molecular flexibility index (Phi) is 5.82. The number of hydrogen-bond donors (Lipinski definition) is 2. The second-order valence-corrected chi connectivity index (χ2v) is 5.51. The summed E-state index contributed by atoms with van der Waals surface area (Å²) in [5, 5.41) is 11.7. The van der Waals surface area contributed by atoms with Crippen LogP contribution in [0, 0.1) is 0 Å². The van der Waals surface area contributed by atoms with Crippen molar-refractivity contribution in [1.82, 2.24) is 10.2 Å². The summed E-state index contributed by atoms with van der Waals surface area (Å²) >= 11 is 1.66. The Bertz CT molecular complexity index is 445. The van der Waals surface area contributed by atoms with E-state index in [9.17, 15) is 9.59 Å². The Morgan fingerprint density at radius 1 is 1.37 bits per heavy atom. The molecule has 0 bridgehead atoms. The lowest BCUT2D eigenvalue weighted by Gasteiger charge is -2.23. The zero-order valence-electron chi connectivity index (χ0n) is 11.5.